The molecular formula is C27H35Cl2Zr-. The van der Waals surface area contributed by atoms with Crippen molar-refractivity contribution in [3.8, 4) is 11.1 Å². The fraction of sp³-hybridized carbons (Fsp3) is 0.444. The van der Waals surface area contributed by atoms with Gasteiger partial charge in [-0.25, -0.2) is 0 Å². The second kappa shape index (κ2) is 10.9. The molecule has 162 valence electrons. The number of rotatable bonds is 4. The Morgan fingerprint density at radius 3 is 1.87 bits per heavy atom. The van der Waals surface area contributed by atoms with Crippen LogP contribution in [0.15, 0.2) is 42.5 Å². The van der Waals surface area contributed by atoms with E-state index in [1.54, 1.807) is 0 Å². The summed E-state index contributed by atoms with van der Waals surface area (Å²) >= 11 is -0.826. The summed E-state index contributed by atoms with van der Waals surface area (Å²) in [6.45, 7) is 18.4. The van der Waals surface area contributed by atoms with Gasteiger partial charge in [0, 0.05) is 0 Å². The maximum absolute atomic E-state index is 4.93. The van der Waals surface area contributed by atoms with E-state index in [1.807, 2.05) is 0 Å². The minimum absolute atomic E-state index is 0.110. The van der Waals surface area contributed by atoms with Crippen LogP contribution in [0.1, 0.15) is 89.5 Å². The zero-order chi connectivity index (χ0) is 22.6. The van der Waals surface area contributed by atoms with Crippen LogP contribution in [0.3, 0.4) is 0 Å². The first-order valence-corrected chi connectivity index (χ1v) is 17.2. The molecule has 0 nitrogen and oxygen atoms in total. The normalized spacial score (nSPS) is 11.7. The first-order valence-electron chi connectivity index (χ1n) is 10.9. The molecule has 0 atom stereocenters. The van der Waals surface area contributed by atoms with Gasteiger partial charge < -0.3 is 0 Å². The van der Waals surface area contributed by atoms with E-state index in [-0.39, 0.29) is 5.41 Å². The second-order valence-electron chi connectivity index (χ2n) is 9.73. The van der Waals surface area contributed by atoms with Gasteiger partial charge in [-0.15, -0.1) is 34.5 Å². The molecular weight excluding hydrogens is 486 g/mol. The number of hydrogen-bond donors (Lipinski definition) is 0. The molecule has 0 N–H and O–H groups in total. The van der Waals surface area contributed by atoms with Crippen molar-refractivity contribution in [2.45, 2.75) is 79.1 Å². The van der Waals surface area contributed by atoms with Gasteiger partial charge in [0.25, 0.3) is 0 Å². The average molecular weight is 522 g/mol. The molecule has 0 saturated heterocycles. The third-order valence-corrected chi connectivity index (χ3v) is 5.77. The minimum atomic E-state index is -0.826. The molecule has 0 aromatic heterocycles. The van der Waals surface area contributed by atoms with E-state index >= 15 is 0 Å². The molecule has 30 heavy (non-hydrogen) atoms. The second-order valence-corrected chi connectivity index (χ2v) is 13.5. The topological polar surface area (TPSA) is 0 Å². The molecule has 3 aromatic carbocycles. The molecule has 3 aromatic rings. The van der Waals surface area contributed by atoms with Crippen LogP contribution in [0.4, 0.5) is 0 Å². The molecule has 0 bridgehead atoms. The van der Waals surface area contributed by atoms with Gasteiger partial charge in [-0.05, 0) is 40.4 Å². The molecule has 0 heterocycles. The van der Waals surface area contributed by atoms with Gasteiger partial charge in [-0.2, -0.15) is 6.07 Å². The first kappa shape index (κ1) is 25.8. The van der Waals surface area contributed by atoms with E-state index in [0.717, 1.165) is 6.42 Å². The van der Waals surface area contributed by atoms with E-state index in [2.05, 4.69) is 97.9 Å². The van der Waals surface area contributed by atoms with Gasteiger partial charge in [0.2, 0.25) is 0 Å². The molecule has 0 aliphatic carbocycles. The molecule has 0 amide bonds. The van der Waals surface area contributed by atoms with E-state index in [0.29, 0.717) is 11.8 Å². The summed E-state index contributed by atoms with van der Waals surface area (Å²) in [4.78, 5) is 0. The van der Waals surface area contributed by atoms with Gasteiger partial charge >= 0.3 is 37.9 Å². The summed E-state index contributed by atoms with van der Waals surface area (Å²) in [5.41, 5.74) is 8.68. The van der Waals surface area contributed by atoms with Crippen LogP contribution < -0.4 is 0 Å². The third-order valence-electron chi connectivity index (χ3n) is 5.77. The zero-order valence-corrected chi connectivity index (χ0v) is 23.6. The van der Waals surface area contributed by atoms with Crippen molar-refractivity contribution in [2.75, 3.05) is 0 Å². The predicted molar refractivity (Wildman–Crippen MR) is 133 cm³/mol. The number of halogens is 2. The van der Waals surface area contributed by atoms with E-state index < -0.39 is 20.8 Å². The average Bonchev–Trinajstić information content (AvgIpc) is 3.10. The van der Waals surface area contributed by atoms with Crippen LogP contribution in [-0.2, 0) is 32.7 Å². The van der Waals surface area contributed by atoms with Gasteiger partial charge in [-0.3, -0.25) is 0 Å². The summed E-state index contributed by atoms with van der Waals surface area (Å²) in [6, 6.07) is 16.7. The Balaban J connectivity index is 0.00000101. The monoisotopic (exact) mass is 519 g/mol. The van der Waals surface area contributed by atoms with Crippen molar-refractivity contribution < 1.29 is 20.8 Å². The van der Waals surface area contributed by atoms with E-state index in [9.17, 15) is 0 Å². The Morgan fingerprint density at radius 2 is 1.43 bits per heavy atom. The van der Waals surface area contributed by atoms with Gasteiger partial charge in [-0.1, -0.05) is 84.7 Å². The van der Waals surface area contributed by atoms with Crippen LogP contribution in [0.2, 0.25) is 0 Å². The quantitative estimate of drug-likeness (QED) is 0.300. The zero-order valence-electron chi connectivity index (χ0n) is 19.7. The van der Waals surface area contributed by atoms with Crippen molar-refractivity contribution in [3.63, 3.8) is 0 Å². The van der Waals surface area contributed by atoms with Gasteiger partial charge in [0.05, 0.1) is 0 Å². The molecule has 0 saturated carbocycles. The van der Waals surface area contributed by atoms with Crippen molar-refractivity contribution in [2.24, 2.45) is 0 Å². The van der Waals surface area contributed by atoms with Crippen molar-refractivity contribution in [1.29, 1.82) is 0 Å². The molecule has 0 spiro atoms. The summed E-state index contributed by atoms with van der Waals surface area (Å²) in [5, 5.41) is 2.78. The molecule has 0 fully saturated rings. The molecule has 0 unspecified atom stereocenters. The Morgan fingerprint density at radius 1 is 0.900 bits per heavy atom. The van der Waals surface area contributed by atoms with Gasteiger partial charge in [0.1, 0.15) is 0 Å². The summed E-state index contributed by atoms with van der Waals surface area (Å²) < 4.78 is 0. The molecule has 0 aliphatic rings. The number of hydrogen-bond acceptors (Lipinski definition) is 0. The molecule has 0 aliphatic heterocycles. The van der Waals surface area contributed by atoms with Crippen LogP contribution in [-0.4, -0.2) is 0 Å². The van der Waals surface area contributed by atoms with Crippen LogP contribution in [0.25, 0.3) is 21.9 Å². The summed E-state index contributed by atoms with van der Waals surface area (Å²) in [5.74, 6) is 1.07. The van der Waals surface area contributed by atoms with Crippen molar-refractivity contribution >= 4 is 27.8 Å². The van der Waals surface area contributed by atoms with Crippen molar-refractivity contribution in [1.82, 2.24) is 0 Å². The maximum atomic E-state index is 4.93. The third kappa shape index (κ3) is 6.06. The Labute approximate surface area is 202 Å². The first-order chi connectivity index (χ1) is 14.0. The Bertz CT molecular complexity index is 948. The van der Waals surface area contributed by atoms with Crippen LogP contribution in [0.5, 0.6) is 0 Å². The Hall–Kier alpha value is -0.487. The van der Waals surface area contributed by atoms with Gasteiger partial charge in [0.15, 0.2) is 0 Å². The van der Waals surface area contributed by atoms with Crippen LogP contribution >= 0.6 is 17.0 Å². The van der Waals surface area contributed by atoms with E-state index in [4.69, 9.17) is 17.0 Å². The Kier molecular flexibility index (Phi) is 9.36. The SMILES string of the molecule is CCc1cc2c(-c3cc(C(C)C)cc(C(C)C)c3)c(C(C)(C)C)ccc2[cH-]1.[Cl][Zr][Cl]. The molecule has 0 radical (unpaired) electrons. The standard InChI is InChI=1S/C27H35.2ClH.Zr/c1-9-19-12-20-10-11-25(27(6,7)8)26(24(20)13-19)23-15-21(17(2)3)14-22(16-23)18(4)5;;;/h10-18H,9H2,1-8H3;2*1H;/q-1;;;+2/p-2. The number of fused-ring (bicyclic) bond motifs is 1. The molecule has 3 heteroatoms. The predicted octanol–water partition coefficient (Wildman–Crippen LogP) is 9.71. The number of aryl methyl sites for hydroxylation is 1. The fourth-order valence-electron chi connectivity index (χ4n) is 3.97. The van der Waals surface area contributed by atoms with Crippen molar-refractivity contribution in [3.05, 3.63) is 64.7 Å². The number of benzene rings is 2. The summed E-state index contributed by atoms with van der Waals surface area (Å²) in [6.07, 6.45) is 1.09. The van der Waals surface area contributed by atoms with E-state index in [1.165, 1.54) is 44.2 Å². The van der Waals surface area contributed by atoms with Crippen LogP contribution in [0, 0.1) is 0 Å². The summed E-state index contributed by atoms with van der Waals surface area (Å²) in [7, 11) is 9.87. The fourth-order valence-corrected chi connectivity index (χ4v) is 3.97. The molecule has 3 rings (SSSR count).